The highest BCUT2D eigenvalue weighted by Gasteiger charge is 2.53. The molecule has 2 N–H and O–H groups in total. The molecule has 130 valence electrons. The normalized spacial score (nSPS) is 35.0. The highest BCUT2D eigenvalue weighted by Crippen LogP contribution is 2.61. The van der Waals surface area contributed by atoms with Crippen LogP contribution in [0.2, 0.25) is 0 Å². The van der Waals surface area contributed by atoms with Crippen molar-refractivity contribution in [3.05, 3.63) is 30.1 Å². The number of aryl methyl sites for hydroxylation is 1. The Morgan fingerprint density at radius 2 is 1.75 bits per heavy atom. The molecule has 1 aromatic heterocycles. The van der Waals surface area contributed by atoms with Gasteiger partial charge in [0.05, 0.1) is 6.10 Å². The molecule has 1 atom stereocenters. The van der Waals surface area contributed by atoms with E-state index < -0.39 is 0 Å². The lowest BCUT2D eigenvalue weighted by Crippen LogP contribution is -2.54. The summed E-state index contributed by atoms with van der Waals surface area (Å²) in [5.74, 6) is 2.52. The van der Waals surface area contributed by atoms with E-state index in [0.29, 0.717) is 13.0 Å². The number of carbonyl (C=O) groups is 1. The molecule has 1 heterocycles. The van der Waals surface area contributed by atoms with E-state index in [-0.39, 0.29) is 17.4 Å². The average molecular weight is 328 g/mol. The van der Waals surface area contributed by atoms with E-state index in [9.17, 15) is 9.90 Å². The maximum atomic E-state index is 12.1. The minimum absolute atomic E-state index is 0.0376. The van der Waals surface area contributed by atoms with Crippen LogP contribution in [0.15, 0.2) is 24.5 Å². The molecule has 5 rings (SSSR count). The second-order valence-electron chi connectivity index (χ2n) is 8.46. The monoisotopic (exact) mass is 328 g/mol. The molecular formula is C20H28N2O2. The van der Waals surface area contributed by atoms with Gasteiger partial charge >= 0.3 is 0 Å². The maximum absolute atomic E-state index is 12.1. The first-order valence-electron chi connectivity index (χ1n) is 9.47. The van der Waals surface area contributed by atoms with Crippen molar-refractivity contribution in [1.82, 2.24) is 10.3 Å². The maximum Gasteiger partial charge on any atom is 0.220 e. The van der Waals surface area contributed by atoms with E-state index in [4.69, 9.17) is 0 Å². The summed E-state index contributed by atoms with van der Waals surface area (Å²) < 4.78 is 0. The van der Waals surface area contributed by atoms with E-state index in [0.717, 1.165) is 29.7 Å². The van der Waals surface area contributed by atoms with Crippen LogP contribution in [-0.4, -0.2) is 28.6 Å². The van der Waals surface area contributed by atoms with E-state index in [2.05, 4.69) is 10.3 Å². The summed E-state index contributed by atoms with van der Waals surface area (Å²) >= 11 is 0. The van der Waals surface area contributed by atoms with Gasteiger partial charge in [-0.1, -0.05) is 0 Å². The molecule has 1 amide bonds. The molecule has 0 saturated heterocycles. The number of carbonyl (C=O) groups excluding carboxylic acids is 1. The molecule has 1 aromatic rings. The largest absolute Gasteiger partial charge is 0.391 e. The predicted octanol–water partition coefficient (Wildman–Crippen LogP) is 2.71. The third-order valence-corrected chi connectivity index (χ3v) is 6.68. The van der Waals surface area contributed by atoms with Crippen LogP contribution < -0.4 is 5.32 Å². The SMILES string of the molecule is O=C(CCc1ccncc1)NC[C@H](O)C12CC3CC(CC(C3)C1)C2. The highest BCUT2D eigenvalue weighted by molar-refractivity contribution is 5.76. The van der Waals surface area contributed by atoms with Crippen molar-refractivity contribution in [2.75, 3.05) is 6.54 Å². The lowest BCUT2D eigenvalue weighted by Gasteiger charge is -2.58. The number of aliphatic hydroxyl groups is 1. The summed E-state index contributed by atoms with van der Waals surface area (Å²) in [5.41, 5.74) is 1.22. The van der Waals surface area contributed by atoms with Gasteiger partial charge in [0.15, 0.2) is 0 Å². The van der Waals surface area contributed by atoms with Gasteiger partial charge in [-0.05, 0) is 85.8 Å². The number of nitrogens with one attached hydrogen (secondary N) is 1. The van der Waals surface area contributed by atoms with Crippen LogP contribution in [0.25, 0.3) is 0 Å². The first-order chi connectivity index (χ1) is 11.6. The van der Waals surface area contributed by atoms with Gasteiger partial charge < -0.3 is 10.4 Å². The lowest BCUT2D eigenvalue weighted by molar-refractivity contribution is -0.129. The lowest BCUT2D eigenvalue weighted by atomic mass is 9.48. The molecule has 0 aliphatic heterocycles. The second kappa shape index (κ2) is 6.47. The Labute approximate surface area is 144 Å². The summed E-state index contributed by atoms with van der Waals surface area (Å²) in [7, 11) is 0. The average Bonchev–Trinajstić information content (AvgIpc) is 2.57. The quantitative estimate of drug-likeness (QED) is 0.844. The molecule has 4 fully saturated rings. The first kappa shape index (κ1) is 16.1. The molecule has 4 aliphatic carbocycles. The summed E-state index contributed by atoms with van der Waals surface area (Å²) in [6.07, 6.45) is 12.0. The zero-order valence-electron chi connectivity index (χ0n) is 14.3. The van der Waals surface area contributed by atoms with Crippen LogP contribution >= 0.6 is 0 Å². The van der Waals surface area contributed by atoms with E-state index in [1.165, 1.54) is 38.5 Å². The molecule has 4 saturated carbocycles. The molecule has 4 aliphatic rings. The summed E-state index contributed by atoms with van der Waals surface area (Å²) in [6.45, 7) is 0.418. The van der Waals surface area contributed by atoms with Crippen LogP contribution in [-0.2, 0) is 11.2 Å². The Morgan fingerprint density at radius 3 is 2.33 bits per heavy atom. The Bertz CT molecular complexity index is 551. The first-order valence-corrected chi connectivity index (χ1v) is 9.47. The molecule has 24 heavy (non-hydrogen) atoms. The highest BCUT2D eigenvalue weighted by atomic mass is 16.3. The molecule has 4 nitrogen and oxygen atoms in total. The summed E-state index contributed by atoms with van der Waals surface area (Å²) in [4.78, 5) is 16.1. The van der Waals surface area contributed by atoms with Crippen LogP contribution in [0.4, 0.5) is 0 Å². The van der Waals surface area contributed by atoms with Gasteiger partial charge in [0.1, 0.15) is 0 Å². The van der Waals surface area contributed by atoms with Gasteiger partial charge in [0.25, 0.3) is 0 Å². The number of hydrogen-bond donors (Lipinski definition) is 2. The molecule has 4 heteroatoms. The predicted molar refractivity (Wildman–Crippen MR) is 92.2 cm³/mol. The topological polar surface area (TPSA) is 62.2 Å². The van der Waals surface area contributed by atoms with E-state index in [1.54, 1.807) is 12.4 Å². The molecular weight excluding hydrogens is 300 g/mol. The van der Waals surface area contributed by atoms with Gasteiger partial charge in [-0.2, -0.15) is 0 Å². The van der Waals surface area contributed by atoms with Crippen LogP contribution in [0, 0.1) is 23.2 Å². The van der Waals surface area contributed by atoms with Gasteiger partial charge in [0.2, 0.25) is 5.91 Å². The molecule has 0 spiro atoms. The zero-order chi connectivity index (χ0) is 16.6. The third kappa shape index (κ3) is 3.21. The smallest absolute Gasteiger partial charge is 0.220 e. The second-order valence-corrected chi connectivity index (χ2v) is 8.46. The van der Waals surface area contributed by atoms with Crippen LogP contribution in [0.5, 0.6) is 0 Å². The van der Waals surface area contributed by atoms with Gasteiger partial charge in [-0.25, -0.2) is 0 Å². The fourth-order valence-electron chi connectivity index (χ4n) is 5.91. The van der Waals surface area contributed by atoms with E-state index in [1.807, 2.05) is 12.1 Å². The van der Waals surface area contributed by atoms with Crippen molar-refractivity contribution in [2.45, 2.75) is 57.5 Å². The molecule has 0 unspecified atom stereocenters. The van der Waals surface area contributed by atoms with Crippen molar-refractivity contribution in [3.63, 3.8) is 0 Å². The zero-order valence-corrected chi connectivity index (χ0v) is 14.3. The Kier molecular flexibility index (Phi) is 4.33. The van der Waals surface area contributed by atoms with Crippen molar-refractivity contribution < 1.29 is 9.90 Å². The number of nitrogens with zero attached hydrogens (tertiary/aromatic N) is 1. The minimum Gasteiger partial charge on any atom is -0.391 e. The molecule has 0 radical (unpaired) electrons. The van der Waals surface area contributed by atoms with Crippen LogP contribution in [0.3, 0.4) is 0 Å². The molecule has 0 aromatic carbocycles. The fraction of sp³-hybridized carbons (Fsp3) is 0.700. The number of pyridine rings is 1. The fourth-order valence-corrected chi connectivity index (χ4v) is 5.91. The Balaban J connectivity index is 1.27. The third-order valence-electron chi connectivity index (χ3n) is 6.68. The summed E-state index contributed by atoms with van der Waals surface area (Å²) in [6, 6.07) is 3.88. The molecule has 4 bridgehead atoms. The standard InChI is InChI=1S/C20H28N2O2/c23-18(13-22-19(24)2-1-14-3-5-21-6-4-14)20-10-15-7-16(11-20)9-17(8-15)12-20/h3-6,15-18,23H,1-2,7-13H2,(H,22,24)/t15?,16?,17?,18-,20?/m0/s1. The summed E-state index contributed by atoms with van der Waals surface area (Å²) in [5, 5.41) is 13.8. The Hall–Kier alpha value is -1.42. The number of rotatable bonds is 6. The van der Waals surface area contributed by atoms with Gasteiger partial charge in [-0.3, -0.25) is 9.78 Å². The number of aromatic nitrogens is 1. The van der Waals surface area contributed by atoms with Crippen LogP contribution in [0.1, 0.15) is 50.5 Å². The Morgan fingerprint density at radius 1 is 1.17 bits per heavy atom. The van der Waals surface area contributed by atoms with Crippen molar-refractivity contribution in [2.24, 2.45) is 23.2 Å². The van der Waals surface area contributed by atoms with Crippen molar-refractivity contribution >= 4 is 5.91 Å². The number of hydrogen-bond acceptors (Lipinski definition) is 3. The number of aliphatic hydroxyl groups excluding tert-OH is 1. The number of amides is 1. The van der Waals surface area contributed by atoms with Crippen molar-refractivity contribution in [3.8, 4) is 0 Å². The van der Waals surface area contributed by atoms with Crippen molar-refractivity contribution in [1.29, 1.82) is 0 Å². The van der Waals surface area contributed by atoms with Gasteiger partial charge in [-0.15, -0.1) is 0 Å². The van der Waals surface area contributed by atoms with Gasteiger partial charge in [0, 0.05) is 25.4 Å². The van der Waals surface area contributed by atoms with E-state index >= 15 is 0 Å². The minimum atomic E-state index is -0.379.